The number of ether oxygens (including phenoxy) is 4. The monoisotopic (exact) mass is 852 g/mol. The number of oxime groups is 1. The van der Waals surface area contributed by atoms with Crippen LogP contribution in [0.15, 0.2) is 41.3 Å². The predicted molar refractivity (Wildman–Crippen MR) is 231 cm³/mol. The third kappa shape index (κ3) is 10.3. The Morgan fingerprint density at radius 3 is 2.28 bits per heavy atom. The fourth-order valence-electron chi connectivity index (χ4n) is 8.00. The number of esters is 1. The summed E-state index contributed by atoms with van der Waals surface area (Å²) in [5, 5.41) is 64.6. The SMILES string of the molecule is CCCCCC(CC)O/N=C/c1c2c(O)c3c(O)c(C)c4c(c3c1O)C(=O)[C@@](C)(O/C=C/[C@H](OC)[C@@H](C)[C@@H](OC(C)=O)[C@H](C)[C@H](O)[C@H](C)[C@@H](O)[C@H](C)/C=C/C=C(/C)C(=O)N2)O4. The van der Waals surface area contributed by atoms with Crippen LogP contribution >= 0.6 is 0 Å². The van der Waals surface area contributed by atoms with E-state index in [9.17, 15) is 39.9 Å². The molecule has 1 unspecified atom stereocenters. The number of phenols is 3. The molecule has 10 atom stereocenters. The maximum atomic E-state index is 14.4. The molecule has 3 aliphatic heterocycles. The van der Waals surface area contributed by atoms with Crippen molar-refractivity contribution in [3.8, 4) is 23.0 Å². The molecule has 6 N–H and O–H groups in total. The molecule has 336 valence electrons. The van der Waals surface area contributed by atoms with Crippen molar-refractivity contribution in [2.45, 2.75) is 138 Å². The molecule has 3 heterocycles. The van der Waals surface area contributed by atoms with Crippen LogP contribution < -0.4 is 10.1 Å². The fourth-order valence-corrected chi connectivity index (χ4v) is 8.00. The number of aliphatic hydroxyl groups excluding tert-OH is 2. The van der Waals surface area contributed by atoms with Crippen molar-refractivity contribution in [1.29, 1.82) is 0 Å². The van der Waals surface area contributed by atoms with Crippen molar-refractivity contribution in [2.24, 2.45) is 28.8 Å². The number of carbonyl (C=O) groups excluding carboxylic acids is 3. The predicted octanol–water partition coefficient (Wildman–Crippen LogP) is 7.46. The zero-order chi connectivity index (χ0) is 45.5. The minimum atomic E-state index is -2.06. The summed E-state index contributed by atoms with van der Waals surface area (Å²) < 4.78 is 23.6. The van der Waals surface area contributed by atoms with E-state index in [0.717, 1.165) is 31.9 Å². The van der Waals surface area contributed by atoms with Crippen LogP contribution in [0.3, 0.4) is 0 Å². The molecule has 0 radical (unpaired) electrons. The lowest BCUT2D eigenvalue weighted by Gasteiger charge is -2.38. The van der Waals surface area contributed by atoms with Crippen LogP contribution in [0, 0.1) is 30.6 Å². The van der Waals surface area contributed by atoms with E-state index in [1.165, 1.54) is 53.2 Å². The highest BCUT2D eigenvalue weighted by molar-refractivity contribution is 6.23. The van der Waals surface area contributed by atoms with Crippen molar-refractivity contribution in [3.05, 3.63) is 52.8 Å². The summed E-state index contributed by atoms with van der Waals surface area (Å²) in [7, 11) is 1.43. The minimum absolute atomic E-state index is 0.0409. The highest BCUT2D eigenvalue weighted by Gasteiger charge is 2.50. The number of aromatic hydroxyl groups is 3. The normalized spacial score (nSPS) is 30.0. The molecule has 2 aromatic carbocycles. The van der Waals surface area contributed by atoms with Crippen molar-refractivity contribution in [2.75, 3.05) is 12.4 Å². The van der Waals surface area contributed by atoms with Gasteiger partial charge >= 0.3 is 11.8 Å². The third-order valence-corrected chi connectivity index (χ3v) is 12.0. The van der Waals surface area contributed by atoms with E-state index in [0.29, 0.717) is 6.42 Å². The van der Waals surface area contributed by atoms with Gasteiger partial charge in [-0.25, -0.2) is 0 Å². The molecule has 3 aliphatic rings. The molecule has 5 rings (SSSR count). The molecular formula is C46H64N2O13. The molecule has 0 spiro atoms. The van der Waals surface area contributed by atoms with Crippen molar-refractivity contribution < 1.29 is 63.7 Å². The van der Waals surface area contributed by atoms with Gasteiger partial charge in [-0.1, -0.05) is 77.8 Å². The van der Waals surface area contributed by atoms with Gasteiger partial charge in [0.1, 0.15) is 29.5 Å². The molecule has 0 aliphatic carbocycles. The smallest absolute Gasteiger partial charge is 0.312 e. The summed E-state index contributed by atoms with van der Waals surface area (Å²) in [6, 6.07) is 0. The Hall–Kier alpha value is -5.12. The van der Waals surface area contributed by atoms with E-state index in [1.807, 2.05) is 6.92 Å². The number of amides is 1. The molecule has 0 fully saturated rings. The van der Waals surface area contributed by atoms with Gasteiger partial charge in [0.15, 0.2) is 5.75 Å². The van der Waals surface area contributed by atoms with Crippen molar-refractivity contribution in [1.82, 2.24) is 0 Å². The largest absolute Gasteiger partial charge is 0.507 e. The molecule has 5 bridgehead atoms. The van der Waals surface area contributed by atoms with E-state index in [4.69, 9.17) is 23.8 Å². The first kappa shape index (κ1) is 48.5. The first-order valence-electron chi connectivity index (χ1n) is 21.0. The highest BCUT2D eigenvalue weighted by atomic mass is 16.7. The zero-order valence-electron chi connectivity index (χ0n) is 37.1. The van der Waals surface area contributed by atoms with Gasteiger partial charge in [0.25, 0.3) is 11.7 Å². The number of unbranched alkanes of at least 4 members (excludes halogenated alkanes) is 2. The van der Waals surface area contributed by atoms with Crippen LogP contribution in [0.5, 0.6) is 23.0 Å². The fraction of sp³-hybridized carbons (Fsp3) is 0.565. The lowest BCUT2D eigenvalue weighted by atomic mass is 9.78. The Morgan fingerprint density at radius 1 is 0.967 bits per heavy atom. The maximum Gasteiger partial charge on any atom is 0.312 e. The second kappa shape index (κ2) is 20.6. The summed E-state index contributed by atoms with van der Waals surface area (Å²) >= 11 is 0. The average molecular weight is 853 g/mol. The highest BCUT2D eigenvalue weighted by Crippen LogP contribution is 2.55. The number of carbonyl (C=O) groups is 3. The summed E-state index contributed by atoms with van der Waals surface area (Å²) in [5.41, 5.74) is -0.546. The van der Waals surface area contributed by atoms with E-state index < -0.39 is 88.8 Å². The summed E-state index contributed by atoms with van der Waals surface area (Å²) in [6.07, 6.45) is 8.67. The molecule has 1 amide bonds. The van der Waals surface area contributed by atoms with Crippen LogP contribution in [0.25, 0.3) is 10.8 Å². The topological polar surface area (TPSA) is 223 Å². The van der Waals surface area contributed by atoms with Crippen LogP contribution in [0.1, 0.15) is 116 Å². The van der Waals surface area contributed by atoms with Crippen LogP contribution in [0.4, 0.5) is 5.69 Å². The van der Waals surface area contributed by atoms with Crippen molar-refractivity contribution >= 4 is 40.3 Å². The Morgan fingerprint density at radius 2 is 1.66 bits per heavy atom. The average Bonchev–Trinajstić information content (AvgIpc) is 3.49. The van der Waals surface area contributed by atoms with E-state index in [-0.39, 0.29) is 50.6 Å². The Balaban J connectivity index is 1.96. The number of aliphatic hydroxyl groups is 2. The van der Waals surface area contributed by atoms with Crippen LogP contribution in [-0.4, -0.2) is 92.8 Å². The van der Waals surface area contributed by atoms with Gasteiger partial charge < -0.3 is 54.6 Å². The molecule has 15 heteroatoms. The van der Waals surface area contributed by atoms with Gasteiger partial charge in [-0.05, 0) is 39.2 Å². The molecule has 2 aromatic rings. The minimum Gasteiger partial charge on any atom is -0.507 e. The van der Waals surface area contributed by atoms with Gasteiger partial charge in [0.05, 0.1) is 53.0 Å². The number of Topliss-reactive ketones (excluding diaryl/α,β-unsaturated/α-hetero) is 1. The number of phenolic OH excluding ortho intramolecular Hbond substituents is 3. The van der Waals surface area contributed by atoms with E-state index in [1.54, 1.807) is 39.8 Å². The van der Waals surface area contributed by atoms with Gasteiger partial charge in [-0.2, -0.15) is 0 Å². The summed E-state index contributed by atoms with van der Waals surface area (Å²) in [6.45, 7) is 16.5. The standard InChI is InChI=1S/C46H64N2O13/c1-12-14-15-19-30(13-2)61-47-22-31-36-41(54)34-33(40(31)53)35-43(28(8)39(34)52)60-46(10,44(35)55)58-21-20-32(57-11)25(5)42(59-29(9)49)27(7)38(51)26(6)37(50)23(3)17-16-18-24(4)45(56)48-36/h16-18,20-23,25-27,30,32,37-38,42,50-54H,12-15,19H2,1-11H3,(H,48,56)/b17-16+,21-20+,24-18-,47-22+/t23-,25-,26-,27-,30?,32+,37+,38-,42-,46+/m1/s1. The van der Waals surface area contributed by atoms with E-state index >= 15 is 0 Å². The number of anilines is 1. The number of allylic oxidation sites excluding steroid dienone is 2. The number of methoxy groups -OCH3 is 1. The molecule has 0 saturated carbocycles. The van der Waals surface area contributed by atoms with Gasteiger partial charge in [-0.15, -0.1) is 0 Å². The molecular weight excluding hydrogens is 789 g/mol. The first-order chi connectivity index (χ1) is 28.8. The number of hydrogen-bond donors (Lipinski definition) is 6. The second-order valence-corrected chi connectivity index (χ2v) is 16.5. The number of ketones is 1. The Labute approximate surface area is 358 Å². The van der Waals surface area contributed by atoms with Gasteiger partial charge in [-0.3, -0.25) is 14.4 Å². The second-order valence-electron chi connectivity index (χ2n) is 16.5. The van der Waals surface area contributed by atoms with Crippen molar-refractivity contribution in [3.63, 3.8) is 0 Å². The van der Waals surface area contributed by atoms with E-state index in [2.05, 4.69) is 17.4 Å². The van der Waals surface area contributed by atoms with Gasteiger partial charge in [0, 0.05) is 61.2 Å². The lowest BCUT2D eigenvalue weighted by molar-refractivity contribution is -0.160. The third-order valence-electron chi connectivity index (χ3n) is 12.0. The Bertz CT molecular complexity index is 2060. The lowest BCUT2D eigenvalue weighted by Crippen LogP contribution is -2.46. The number of benzene rings is 2. The number of nitrogens with zero attached hydrogens (tertiary/aromatic N) is 1. The zero-order valence-corrected chi connectivity index (χ0v) is 37.1. The number of rotatable bonds is 10. The maximum absolute atomic E-state index is 14.4. The molecule has 0 aromatic heterocycles. The number of hydrogen-bond acceptors (Lipinski definition) is 14. The summed E-state index contributed by atoms with van der Waals surface area (Å²) in [4.78, 5) is 46.3. The molecule has 61 heavy (non-hydrogen) atoms. The van der Waals surface area contributed by atoms with Crippen LogP contribution in [0.2, 0.25) is 0 Å². The molecule has 15 nitrogen and oxygen atoms in total. The number of fused-ring (bicyclic) bond motifs is 14. The molecule has 0 saturated heterocycles. The first-order valence-corrected chi connectivity index (χ1v) is 21.0. The summed E-state index contributed by atoms with van der Waals surface area (Å²) in [5.74, 6) is -8.57. The number of nitrogens with one attached hydrogen (secondary N) is 1. The van der Waals surface area contributed by atoms with Gasteiger partial charge in [0.2, 0.25) is 0 Å². The van der Waals surface area contributed by atoms with Crippen LogP contribution in [-0.2, 0) is 28.6 Å². The quantitative estimate of drug-likeness (QED) is 0.0342. The Kier molecular flexibility index (Phi) is 16.4.